The summed E-state index contributed by atoms with van der Waals surface area (Å²) in [5.41, 5.74) is 3.65. The second kappa shape index (κ2) is 11.8. The van der Waals surface area contributed by atoms with Gasteiger partial charge in [-0.2, -0.15) is 0 Å². The van der Waals surface area contributed by atoms with E-state index in [1.807, 2.05) is 70.3 Å². The minimum atomic E-state index is 0.249. The van der Waals surface area contributed by atoms with Gasteiger partial charge in [0.25, 0.3) is 0 Å². The van der Waals surface area contributed by atoms with Gasteiger partial charge in [-0.15, -0.1) is 0 Å². The van der Waals surface area contributed by atoms with E-state index in [1.54, 1.807) is 0 Å². The highest BCUT2D eigenvalue weighted by molar-refractivity contribution is 6.32. The van der Waals surface area contributed by atoms with E-state index >= 15 is 0 Å². The summed E-state index contributed by atoms with van der Waals surface area (Å²) >= 11 is 5.69. The maximum absolute atomic E-state index is 11.0. The van der Waals surface area contributed by atoms with Gasteiger partial charge in [0.05, 0.1) is 0 Å². The largest absolute Gasteiger partial charge is 0.368 e. The highest BCUT2D eigenvalue weighted by Gasteiger charge is 2.13. The van der Waals surface area contributed by atoms with Crippen molar-refractivity contribution in [1.29, 1.82) is 0 Å². The fraction of sp³-hybridized carbons (Fsp3) is 0.316. The van der Waals surface area contributed by atoms with Crippen molar-refractivity contribution in [2.24, 2.45) is 0 Å². The van der Waals surface area contributed by atoms with Crippen molar-refractivity contribution in [2.45, 2.75) is 33.7 Å². The predicted molar refractivity (Wildman–Crippen MR) is 99.5 cm³/mol. The van der Waals surface area contributed by atoms with Crippen LogP contribution in [0.5, 0.6) is 0 Å². The van der Waals surface area contributed by atoms with Gasteiger partial charge in [0.2, 0.25) is 0 Å². The molecule has 0 amide bonds. The molecule has 1 atom stereocenters. The fourth-order valence-electron chi connectivity index (χ4n) is 1.80. The van der Waals surface area contributed by atoms with E-state index < -0.39 is 0 Å². The molecule has 1 rings (SSSR count). The van der Waals surface area contributed by atoms with Crippen molar-refractivity contribution < 1.29 is 4.79 Å². The number of aldehydes is 1. The van der Waals surface area contributed by atoms with Crippen LogP contribution >= 0.6 is 11.6 Å². The molecular weight excluding hydrogens is 294 g/mol. The normalized spacial score (nSPS) is 12.9. The summed E-state index contributed by atoms with van der Waals surface area (Å²) in [6.07, 6.45) is 8.89. The molecule has 1 aromatic carbocycles. The quantitative estimate of drug-likeness (QED) is 0.408. The van der Waals surface area contributed by atoms with E-state index in [9.17, 15) is 4.79 Å². The summed E-state index contributed by atoms with van der Waals surface area (Å²) in [6.45, 7) is 8.09. The predicted octanol–water partition coefficient (Wildman–Crippen LogP) is 5.45. The smallest absolute Gasteiger partial charge is 0.151 e. The Balaban J connectivity index is 0.000000980. The van der Waals surface area contributed by atoms with E-state index in [2.05, 4.69) is 17.9 Å². The molecule has 0 radical (unpaired) electrons. The summed E-state index contributed by atoms with van der Waals surface area (Å²) in [7, 11) is 2.00. The number of halogens is 1. The number of benzene rings is 1. The molecule has 22 heavy (non-hydrogen) atoms. The lowest BCUT2D eigenvalue weighted by Crippen LogP contribution is -2.27. The first-order valence-corrected chi connectivity index (χ1v) is 7.78. The monoisotopic (exact) mass is 319 g/mol. The zero-order chi connectivity index (χ0) is 17.0. The Hall–Kier alpha value is -1.80. The Morgan fingerprint density at radius 3 is 2.18 bits per heavy atom. The first-order chi connectivity index (χ1) is 10.6. The average Bonchev–Trinajstić information content (AvgIpc) is 2.56. The topological polar surface area (TPSA) is 20.3 Å². The average molecular weight is 320 g/mol. The lowest BCUT2D eigenvalue weighted by atomic mass is 10.0. The third-order valence-electron chi connectivity index (χ3n) is 3.25. The number of carbonyl (C=O) groups excluding carboxylic acids is 1. The van der Waals surface area contributed by atoms with Gasteiger partial charge in [0, 0.05) is 35.4 Å². The number of nitrogens with zero attached hydrogens (tertiary/aromatic N) is 1. The van der Waals surface area contributed by atoms with Crippen LogP contribution in [0, 0.1) is 0 Å². The molecular formula is C19H26ClNO. The number of hydrogen-bond acceptors (Lipinski definition) is 2. The number of allylic oxidation sites excluding steroid dienone is 4. The van der Waals surface area contributed by atoms with Crippen molar-refractivity contribution in [3.63, 3.8) is 0 Å². The second-order valence-corrected chi connectivity index (χ2v) is 4.96. The number of anilines is 1. The number of rotatable bonds is 5. The molecule has 3 heteroatoms. The van der Waals surface area contributed by atoms with Crippen molar-refractivity contribution in [3.05, 3.63) is 59.7 Å². The summed E-state index contributed by atoms with van der Waals surface area (Å²) in [4.78, 5) is 13.1. The molecule has 0 saturated carbocycles. The molecule has 0 spiro atoms. The Morgan fingerprint density at radius 2 is 1.73 bits per heavy atom. The third-order valence-corrected chi connectivity index (χ3v) is 3.49. The van der Waals surface area contributed by atoms with Crippen LogP contribution in [0.25, 0.3) is 5.57 Å². The molecule has 0 aliphatic carbocycles. The summed E-state index contributed by atoms with van der Waals surface area (Å²) in [6, 6.07) is 7.99. The zero-order valence-electron chi connectivity index (χ0n) is 14.1. The van der Waals surface area contributed by atoms with E-state index in [-0.39, 0.29) is 6.04 Å². The molecule has 0 N–H and O–H groups in total. The summed E-state index contributed by atoms with van der Waals surface area (Å²) < 4.78 is 0. The highest BCUT2D eigenvalue weighted by atomic mass is 35.5. The number of carbonyl (C=O) groups is 1. The maximum Gasteiger partial charge on any atom is 0.151 e. The summed E-state index contributed by atoms with van der Waals surface area (Å²) in [5.74, 6) is 0. The first kappa shape index (κ1) is 20.2. The van der Waals surface area contributed by atoms with Gasteiger partial charge in [-0.25, -0.2) is 0 Å². The number of para-hydroxylation sites is 1. The van der Waals surface area contributed by atoms with Gasteiger partial charge in [0.15, 0.2) is 6.29 Å². The molecule has 0 aromatic heterocycles. The van der Waals surface area contributed by atoms with Gasteiger partial charge in [-0.05, 0) is 33.8 Å². The Labute approximate surface area is 139 Å². The van der Waals surface area contributed by atoms with E-state index in [0.717, 1.165) is 17.5 Å². The molecule has 1 aromatic rings. The van der Waals surface area contributed by atoms with Crippen LogP contribution in [0.3, 0.4) is 0 Å². The van der Waals surface area contributed by atoms with Crippen molar-refractivity contribution >= 4 is 29.1 Å². The molecule has 0 fully saturated rings. The fourth-order valence-corrected chi connectivity index (χ4v) is 1.97. The highest BCUT2D eigenvalue weighted by Crippen LogP contribution is 2.27. The van der Waals surface area contributed by atoms with Gasteiger partial charge in [0.1, 0.15) is 0 Å². The molecule has 0 aliphatic rings. The minimum absolute atomic E-state index is 0.249. The molecule has 0 bridgehead atoms. The van der Waals surface area contributed by atoms with Crippen LogP contribution in [0.1, 0.15) is 33.3 Å². The van der Waals surface area contributed by atoms with Crippen LogP contribution in [0.15, 0.2) is 54.1 Å². The van der Waals surface area contributed by atoms with Crippen molar-refractivity contribution in [2.75, 3.05) is 11.9 Å². The SMILES string of the molecule is C/C=C\C.C/C=C\C(C)N(C)c1ccccc1/C(C=O)=C/Cl. The van der Waals surface area contributed by atoms with Crippen LogP contribution in [0.4, 0.5) is 5.69 Å². The molecule has 120 valence electrons. The third kappa shape index (κ3) is 6.31. The van der Waals surface area contributed by atoms with E-state index in [4.69, 9.17) is 11.6 Å². The molecule has 1 unspecified atom stereocenters. The van der Waals surface area contributed by atoms with Crippen molar-refractivity contribution in [3.8, 4) is 0 Å². The standard InChI is InChI=1S/C15H18ClNO.C4H8/c1-4-7-12(2)17(3)15-9-6-5-8-14(15)13(10-16)11-18;1-3-4-2/h4-12H,1-3H3;3-4H,1-2H3/b7-4-,13-10+;4-3-. The Morgan fingerprint density at radius 1 is 1.14 bits per heavy atom. The maximum atomic E-state index is 11.0. The van der Waals surface area contributed by atoms with E-state index in [1.165, 1.54) is 5.54 Å². The van der Waals surface area contributed by atoms with E-state index in [0.29, 0.717) is 5.57 Å². The molecule has 0 saturated heterocycles. The number of hydrogen-bond donors (Lipinski definition) is 0. The van der Waals surface area contributed by atoms with Crippen LogP contribution in [0.2, 0.25) is 0 Å². The number of likely N-dealkylation sites (N-methyl/N-ethyl adjacent to an activating group) is 1. The molecule has 0 aliphatic heterocycles. The zero-order valence-corrected chi connectivity index (χ0v) is 14.8. The van der Waals surface area contributed by atoms with Gasteiger partial charge >= 0.3 is 0 Å². The van der Waals surface area contributed by atoms with Crippen LogP contribution in [-0.2, 0) is 4.79 Å². The lowest BCUT2D eigenvalue weighted by Gasteiger charge is -2.27. The van der Waals surface area contributed by atoms with Crippen molar-refractivity contribution in [1.82, 2.24) is 0 Å². The summed E-state index contributed by atoms with van der Waals surface area (Å²) in [5, 5.41) is 0. The first-order valence-electron chi connectivity index (χ1n) is 7.35. The van der Waals surface area contributed by atoms with Crippen LogP contribution in [-0.4, -0.2) is 19.4 Å². The molecule has 2 nitrogen and oxygen atoms in total. The Kier molecular flexibility index (Phi) is 10.8. The van der Waals surface area contributed by atoms with Gasteiger partial charge < -0.3 is 4.90 Å². The van der Waals surface area contributed by atoms with Gasteiger partial charge in [-0.3, -0.25) is 4.79 Å². The second-order valence-electron chi connectivity index (χ2n) is 4.74. The minimum Gasteiger partial charge on any atom is -0.368 e. The Bertz CT molecular complexity index is 528. The molecule has 0 heterocycles. The van der Waals surface area contributed by atoms with Crippen LogP contribution < -0.4 is 4.90 Å². The lowest BCUT2D eigenvalue weighted by molar-refractivity contribution is -0.103. The van der Waals surface area contributed by atoms with Gasteiger partial charge in [-0.1, -0.05) is 54.1 Å².